The van der Waals surface area contributed by atoms with E-state index in [9.17, 15) is 0 Å². The van der Waals surface area contributed by atoms with Gasteiger partial charge in [0.1, 0.15) is 17.1 Å². The van der Waals surface area contributed by atoms with Crippen molar-refractivity contribution in [3.8, 4) is 28.2 Å². The van der Waals surface area contributed by atoms with Gasteiger partial charge in [-0.3, -0.25) is 0 Å². The molecule has 4 heteroatoms. The van der Waals surface area contributed by atoms with E-state index in [-0.39, 0.29) is 0 Å². The molecule has 2 aliphatic rings. The Morgan fingerprint density at radius 3 is 2.38 bits per heavy atom. The van der Waals surface area contributed by atoms with E-state index in [1.807, 2.05) is 43.3 Å². The summed E-state index contributed by atoms with van der Waals surface area (Å²) in [6, 6.07) is 19.8. The Hall–Kier alpha value is -3.27. The predicted octanol–water partition coefficient (Wildman–Crippen LogP) is 4.76. The van der Waals surface area contributed by atoms with Gasteiger partial charge in [0, 0.05) is 48.4 Å². The number of fused-ring (bicyclic) bond motifs is 2. The lowest BCUT2D eigenvalue weighted by atomic mass is 9.93. The predicted molar refractivity (Wildman–Crippen MR) is 105 cm³/mol. The summed E-state index contributed by atoms with van der Waals surface area (Å²) >= 11 is 0. The molecule has 2 aromatic carbocycles. The summed E-state index contributed by atoms with van der Waals surface area (Å²) in [6.45, 7) is 0. The normalized spacial score (nSPS) is 11.0. The molecule has 0 fully saturated rings. The van der Waals surface area contributed by atoms with Crippen LogP contribution in [0.5, 0.6) is 5.75 Å². The fourth-order valence-corrected chi connectivity index (χ4v) is 3.23. The van der Waals surface area contributed by atoms with E-state index in [1.165, 1.54) is 0 Å². The van der Waals surface area contributed by atoms with Crippen LogP contribution in [0.2, 0.25) is 0 Å². The molecule has 4 rings (SSSR count). The first-order chi connectivity index (χ1) is 12.6. The Bertz CT molecular complexity index is 1110. The highest BCUT2D eigenvalue weighted by Gasteiger charge is 2.17. The summed E-state index contributed by atoms with van der Waals surface area (Å²) in [7, 11) is 5.68. The van der Waals surface area contributed by atoms with Crippen LogP contribution in [-0.2, 0) is 0 Å². The molecule has 1 aliphatic heterocycles. The van der Waals surface area contributed by atoms with Crippen LogP contribution in [0.1, 0.15) is 0 Å². The zero-order valence-electron chi connectivity index (χ0n) is 15.0. The van der Waals surface area contributed by atoms with Crippen LogP contribution >= 0.6 is 0 Å². The lowest BCUT2D eigenvalue weighted by Crippen LogP contribution is -2.08. The number of rotatable bonds is 3. The van der Waals surface area contributed by atoms with Crippen molar-refractivity contribution >= 4 is 16.7 Å². The molecule has 130 valence electrons. The van der Waals surface area contributed by atoms with Gasteiger partial charge < -0.3 is 19.5 Å². The first kappa shape index (κ1) is 16.2. The third-order valence-electron chi connectivity index (χ3n) is 4.60. The number of benzene rings is 3. The average Bonchev–Trinajstić information content (AvgIpc) is 2.65. The lowest BCUT2D eigenvalue weighted by Gasteiger charge is -2.18. The summed E-state index contributed by atoms with van der Waals surface area (Å²) < 4.78 is 11.4. The molecule has 0 atom stereocenters. The van der Waals surface area contributed by atoms with Crippen LogP contribution in [-0.4, -0.2) is 21.2 Å². The van der Waals surface area contributed by atoms with Gasteiger partial charge in [0.2, 0.25) is 0 Å². The number of hydrogen-bond acceptors (Lipinski definition) is 4. The molecule has 0 aromatic heterocycles. The second-order valence-corrected chi connectivity index (χ2v) is 6.49. The minimum absolute atomic E-state index is 0.435. The van der Waals surface area contributed by atoms with Crippen molar-refractivity contribution < 1.29 is 9.15 Å². The molecule has 0 radical (unpaired) electrons. The highest BCUT2D eigenvalue weighted by molar-refractivity contribution is 6.02. The van der Waals surface area contributed by atoms with Crippen molar-refractivity contribution in [3.05, 3.63) is 66.0 Å². The quantitative estimate of drug-likeness (QED) is 0.545. The lowest BCUT2D eigenvalue weighted by molar-refractivity contribution is 0.415. The summed E-state index contributed by atoms with van der Waals surface area (Å²) in [5.41, 5.74) is 5.07. The largest absolute Gasteiger partial charge is 0.497 e. The Balaban J connectivity index is 2.08. The van der Waals surface area contributed by atoms with Crippen LogP contribution in [0.25, 0.3) is 33.4 Å². The smallest absolute Gasteiger partial charge is 0.137 e. The second kappa shape index (κ2) is 6.23. The number of nitrogens with one attached hydrogen (secondary N) is 1. The van der Waals surface area contributed by atoms with Crippen LogP contribution < -0.4 is 15.0 Å². The molecular formula is C22H20N2O2. The van der Waals surface area contributed by atoms with E-state index < -0.39 is 0 Å². The molecule has 0 spiro atoms. The molecule has 4 nitrogen and oxygen atoms in total. The Kier molecular flexibility index (Phi) is 3.88. The maximum atomic E-state index is 7.94. The second-order valence-electron chi connectivity index (χ2n) is 6.49. The SMILES string of the molecule is COc1ccc(-c2c3ccc(=N)cc-3oc3cc(N(C)C)ccc23)cc1. The van der Waals surface area contributed by atoms with E-state index in [1.54, 1.807) is 19.2 Å². The zero-order chi connectivity index (χ0) is 18.3. The third-order valence-corrected chi connectivity index (χ3v) is 4.60. The zero-order valence-corrected chi connectivity index (χ0v) is 15.0. The first-order valence-electron chi connectivity index (χ1n) is 8.44. The van der Waals surface area contributed by atoms with Gasteiger partial charge in [-0.15, -0.1) is 0 Å². The Morgan fingerprint density at radius 2 is 1.69 bits per heavy atom. The van der Waals surface area contributed by atoms with E-state index >= 15 is 0 Å². The van der Waals surface area contributed by atoms with Crippen molar-refractivity contribution in [2.75, 3.05) is 26.1 Å². The van der Waals surface area contributed by atoms with Crippen molar-refractivity contribution in [3.63, 3.8) is 0 Å². The molecule has 0 saturated carbocycles. The number of nitrogens with zero attached hydrogens (tertiary/aromatic N) is 1. The molecule has 1 aliphatic carbocycles. The fourth-order valence-electron chi connectivity index (χ4n) is 3.23. The van der Waals surface area contributed by atoms with Gasteiger partial charge in [-0.25, -0.2) is 0 Å². The van der Waals surface area contributed by atoms with Crippen LogP contribution in [0.3, 0.4) is 0 Å². The molecule has 26 heavy (non-hydrogen) atoms. The van der Waals surface area contributed by atoms with E-state index in [2.05, 4.69) is 24.3 Å². The van der Waals surface area contributed by atoms with E-state index in [0.29, 0.717) is 11.1 Å². The van der Waals surface area contributed by atoms with Crippen LogP contribution in [0.4, 0.5) is 5.69 Å². The fraction of sp³-hybridized carbons (Fsp3) is 0.136. The average molecular weight is 344 g/mol. The van der Waals surface area contributed by atoms with Crippen molar-refractivity contribution in [2.24, 2.45) is 0 Å². The van der Waals surface area contributed by atoms with Gasteiger partial charge in [-0.2, -0.15) is 0 Å². The van der Waals surface area contributed by atoms with Gasteiger partial charge in [0.05, 0.1) is 12.5 Å². The van der Waals surface area contributed by atoms with Gasteiger partial charge in [0.15, 0.2) is 0 Å². The molecule has 0 amide bonds. The standard InChI is InChI=1S/C22H20N2O2/c1-24(2)16-7-11-19-21(13-16)26-20-12-15(23)6-10-18(20)22(19)14-4-8-17(25-3)9-5-14/h4-13,23H,1-3H3. The minimum atomic E-state index is 0.435. The summed E-state index contributed by atoms with van der Waals surface area (Å²) in [5, 5.41) is 9.42. The van der Waals surface area contributed by atoms with Gasteiger partial charge in [-0.05, 0) is 42.0 Å². The highest BCUT2D eigenvalue weighted by atomic mass is 16.5. The molecule has 2 aromatic rings. The first-order valence-corrected chi connectivity index (χ1v) is 8.44. The van der Waals surface area contributed by atoms with Crippen molar-refractivity contribution in [1.29, 1.82) is 5.41 Å². The van der Waals surface area contributed by atoms with E-state index in [4.69, 9.17) is 14.6 Å². The molecule has 0 unspecified atom stereocenters. The molecular weight excluding hydrogens is 324 g/mol. The number of hydrogen-bond donors (Lipinski definition) is 1. The minimum Gasteiger partial charge on any atom is -0.497 e. The summed E-state index contributed by atoms with van der Waals surface area (Å²) in [6.07, 6.45) is 0. The monoisotopic (exact) mass is 344 g/mol. The number of anilines is 1. The topological polar surface area (TPSA) is 49.5 Å². The van der Waals surface area contributed by atoms with Crippen molar-refractivity contribution in [1.82, 2.24) is 0 Å². The van der Waals surface area contributed by atoms with Crippen molar-refractivity contribution in [2.45, 2.75) is 0 Å². The number of methoxy groups -OCH3 is 1. The summed E-state index contributed by atoms with van der Waals surface area (Å²) in [5.74, 6) is 1.54. The maximum Gasteiger partial charge on any atom is 0.137 e. The number of ether oxygens (including phenoxy) is 1. The van der Waals surface area contributed by atoms with Crippen LogP contribution in [0, 0.1) is 5.41 Å². The highest BCUT2D eigenvalue weighted by Crippen LogP contribution is 2.40. The Morgan fingerprint density at radius 1 is 0.923 bits per heavy atom. The van der Waals surface area contributed by atoms with Gasteiger partial charge in [0.25, 0.3) is 0 Å². The van der Waals surface area contributed by atoms with Gasteiger partial charge >= 0.3 is 0 Å². The summed E-state index contributed by atoms with van der Waals surface area (Å²) in [4.78, 5) is 2.05. The molecule has 1 N–H and O–H groups in total. The van der Waals surface area contributed by atoms with Gasteiger partial charge in [-0.1, -0.05) is 12.1 Å². The third kappa shape index (κ3) is 2.69. The Labute approximate surface area is 152 Å². The molecule has 0 saturated heterocycles. The maximum absolute atomic E-state index is 7.94. The van der Waals surface area contributed by atoms with E-state index in [0.717, 1.165) is 39.1 Å². The molecule has 0 bridgehead atoms. The van der Waals surface area contributed by atoms with Crippen LogP contribution in [0.15, 0.2) is 65.1 Å². The molecule has 1 heterocycles.